The first-order valence-corrected chi connectivity index (χ1v) is 13.0. The molecule has 0 spiro atoms. The second kappa shape index (κ2) is 11.3. The normalized spacial score (nSPS) is 13.1. The van der Waals surface area contributed by atoms with E-state index < -0.39 is 6.04 Å². The van der Waals surface area contributed by atoms with Crippen LogP contribution in [0.2, 0.25) is 0 Å². The number of hydrogen-bond donors (Lipinski definition) is 2. The highest BCUT2D eigenvalue weighted by atomic mass is 19.1. The van der Waals surface area contributed by atoms with Crippen LogP contribution in [0.15, 0.2) is 85.1 Å². The maximum Gasteiger partial charge on any atom is 0.254 e. The number of imidazole rings is 1. The fourth-order valence-corrected chi connectivity index (χ4v) is 4.52. The Balaban J connectivity index is 1.48. The van der Waals surface area contributed by atoms with Crippen molar-refractivity contribution in [3.8, 4) is 11.3 Å². The van der Waals surface area contributed by atoms with Crippen LogP contribution in [0, 0.1) is 12.7 Å². The van der Waals surface area contributed by atoms with Crippen molar-refractivity contribution in [2.75, 3.05) is 5.32 Å². The van der Waals surface area contributed by atoms with Crippen LogP contribution >= 0.6 is 0 Å². The number of anilines is 2. The van der Waals surface area contributed by atoms with Gasteiger partial charge < -0.3 is 15.5 Å². The van der Waals surface area contributed by atoms with Gasteiger partial charge in [-0.25, -0.2) is 9.37 Å². The van der Waals surface area contributed by atoms with Gasteiger partial charge in [0, 0.05) is 30.1 Å². The van der Waals surface area contributed by atoms with E-state index in [1.54, 1.807) is 29.4 Å². The van der Waals surface area contributed by atoms with Crippen LogP contribution < -0.4 is 10.6 Å². The minimum absolute atomic E-state index is 0.176. The lowest BCUT2D eigenvalue weighted by atomic mass is 10.0. The summed E-state index contributed by atoms with van der Waals surface area (Å²) in [7, 11) is 0. The summed E-state index contributed by atoms with van der Waals surface area (Å²) < 4.78 is 15.6. The molecule has 8 heteroatoms. The van der Waals surface area contributed by atoms with E-state index >= 15 is 0 Å². The van der Waals surface area contributed by atoms with Gasteiger partial charge in [0.05, 0.1) is 6.54 Å². The Morgan fingerprint density at radius 2 is 1.69 bits per heavy atom. The van der Waals surface area contributed by atoms with Crippen molar-refractivity contribution < 1.29 is 14.0 Å². The van der Waals surface area contributed by atoms with Gasteiger partial charge in [0.25, 0.3) is 5.91 Å². The highest BCUT2D eigenvalue weighted by Gasteiger charge is 2.30. The molecule has 2 N–H and O–H groups in total. The lowest BCUT2D eigenvalue weighted by molar-refractivity contribution is -0.135. The molecule has 0 fully saturated rings. The first-order chi connectivity index (χ1) is 18.9. The minimum Gasteiger partial charge on any atom is -0.341 e. The molecule has 0 radical (unpaired) electrons. The largest absolute Gasteiger partial charge is 0.341 e. The quantitative estimate of drug-likeness (QED) is 0.290. The number of carbonyl (C=O) groups is 2. The van der Waals surface area contributed by atoms with Gasteiger partial charge in [0.1, 0.15) is 29.2 Å². The topological polar surface area (TPSA) is 79.3 Å². The fourth-order valence-electron chi connectivity index (χ4n) is 4.52. The van der Waals surface area contributed by atoms with Crippen molar-refractivity contribution in [3.63, 3.8) is 0 Å². The summed E-state index contributed by atoms with van der Waals surface area (Å²) in [4.78, 5) is 32.7. The number of aryl methyl sites for hydroxylation is 1. The number of nitrogens with zero attached hydrogens (tertiary/aromatic N) is 3. The van der Waals surface area contributed by atoms with E-state index in [9.17, 15) is 14.0 Å². The van der Waals surface area contributed by atoms with Crippen LogP contribution in [0.4, 0.5) is 15.9 Å². The molecule has 1 aliphatic rings. The lowest BCUT2D eigenvalue weighted by Gasteiger charge is -2.28. The van der Waals surface area contributed by atoms with Gasteiger partial charge in [-0.2, -0.15) is 0 Å². The Bertz CT molecular complexity index is 1490. The second-order valence-electron chi connectivity index (χ2n) is 9.52. The van der Waals surface area contributed by atoms with E-state index in [0.717, 1.165) is 16.8 Å². The molecule has 0 saturated carbocycles. The number of fused-ring (bicyclic) bond motifs is 1. The van der Waals surface area contributed by atoms with E-state index in [4.69, 9.17) is 4.98 Å². The predicted octanol–water partition coefficient (Wildman–Crippen LogP) is 6.17. The van der Waals surface area contributed by atoms with Crippen molar-refractivity contribution in [1.29, 1.82) is 0 Å². The van der Waals surface area contributed by atoms with E-state index in [-0.39, 0.29) is 24.2 Å². The molecular weight excluding hydrogens is 493 g/mol. The standard InChI is InChI=1S/C31H30FN5O2/c1-3-7-27(38)35-29(22-8-5-4-6-9-22)31(39)36-18-19-37-26(20-36)34-28(23-12-14-24(32)15-13-23)30(37)33-25-16-10-21(2)11-17-25/h4-6,8-19,29,33H,3,7,20H2,1-2H3,(H,35,38)/t29-/m0/s1. The molecule has 5 rings (SSSR count). The second-order valence-corrected chi connectivity index (χ2v) is 9.52. The third-order valence-corrected chi connectivity index (χ3v) is 6.57. The lowest BCUT2D eigenvalue weighted by Crippen LogP contribution is -2.41. The van der Waals surface area contributed by atoms with Crippen LogP contribution in [-0.2, 0) is 16.1 Å². The summed E-state index contributed by atoms with van der Waals surface area (Å²) in [6.07, 6.45) is 4.51. The molecule has 0 bridgehead atoms. The Morgan fingerprint density at radius 1 is 0.974 bits per heavy atom. The summed E-state index contributed by atoms with van der Waals surface area (Å²) in [6, 6.07) is 22.6. The number of halogens is 1. The molecule has 1 aliphatic heterocycles. The average Bonchev–Trinajstić information content (AvgIpc) is 3.31. The zero-order valence-electron chi connectivity index (χ0n) is 21.9. The number of hydrogen-bond acceptors (Lipinski definition) is 4. The molecule has 2 heterocycles. The van der Waals surface area contributed by atoms with Gasteiger partial charge in [0.2, 0.25) is 5.91 Å². The van der Waals surface area contributed by atoms with E-state index in [2.05, 4.69) is 10.6 Å². The van der Waals surface area contributed by atoms with E-state index in [1.807, 2.05) is 73.0 Å². The number of nitrogens with one attached hydrogen (secondary N) is 2. The predicted molar refractivity (Wildman–Crippen MR) is 150 cm³/mol. The maximum atomic E-state index is 13.7. The van der Waals surface area contributed by atoms with Crippen molar-refractivity contribution >= 4 is 29.5 Å². The van der Waals surface area contributed by atoms with Gasteiger partial charge in [0.15, 0.2) is 0 Å². The highest BCUT2D eigenvalue weighted by Crippen LogP contribution is 2.34. The summed E-state index contributed by atoms with van der Waals surface area (Å²) in [6.45, 7) is 4.15. The molecule has 198 valence electrons. The number of aromatic nitrogens is 2. The van der Waals surface area contributed by atoms with Crippen LogP contribution in [0.3, 0.4) is 0 Å². The molecule has 39 heavy (non-hydrogen) atoms. The fraction of sp³-hybridized carbons (Fsp3) is 0.194. The van der Waals surface area contributed by atoms with Crippen LogP contribution in [0.1, 0.15) is 42.8 Å². The Labute approximate surface area is 227 Å². The molecule has 0 saturated heterocycles. The zero-order valence-corrected chi connectivity index (χ0v) is 21.9. The molecule has 1 aromatic heterocycles. The van der Waals surface area contributed by atoms with Crippen molar-refractivity contribution in [3.05, 3.63) is 108 Å². The van der Waals surface area contributed by atoms with Crippen molar-refractivity contribution in [2.24, 2.45) is 0 Å². The van der Waals surface area contributed by atoms with Crippen molar-refractivity contribution in [2.45, 2.75) is 39.3 Å². The Morgan fingerprint density at radius 3 is 2.38 bits per heavy atom. The van der Waals surface area contributed by atoms with Gasteiger partial charge in [-0.3, -0.25) is 14.2 Å². The van der Waals surface area contributed by atoms with E-state index in [0.29, 0.717) is 35.7 Å². The molecule has 0 unspecified atom stereocenters. The Hall–Kier alpha value is -4.72. The first kappa shape index (κ1) is 25.9. The molecule has 3 aromatic carbocycles. The smallest absolute Gasteiger partial charge is 0.254 e. The van der Waals surface area contributed by atoms with Crippen LogP contribution in [0.25, 0.3) is 17.5 Å². The third-order valence-electron chi connectivity index (χ3n) is 6.57. The molecule has 7 nitrogen and oxygen atoms in total. The number of amides is 2. The van der Waals surface area contributed by atoms with Gasteiger partial charge in [-0.05, 0) is 55.3 Å². The van der Waals surface area contributed by atoms with Crippen LogP contribution in [0.5, 0.6) is 0 Å². The zero-order chi connectivity index (χ0) is 27.4. The van der Waals surface area contributed by atoms with E-state index in [1.165, 1.54) is 12.1 Å². The number of rotatable bonds is 8. The summed E-state index contributed by atoms with van der Waals surface area (Å²) >= 11 is 0. The Kier molecular flexibility index (Phi) is 7.54. The number of benzene rings is 3. The van der Waals surface area contributed by atoms with Crippen LogP contribution in [-0.4, -0.2) is 26.3 Å². The van der Waals surface area contributed by atoms with Crippen molar-refractivity contribution in [1.82, 2.24) is 19.8 Å². The van der Waals surface area contributed by atoms with Gasteiger partial charge in [-0.15, -0.1) is 0 Å². The molecule has 1 atom stereocenters. The van der Waals surface area contributed by atoms with Gasteiger partial charge >= 0.3 is 0 Å². The third kappa shape index (κ3) is 5.75. The molecule has 0 aliphatic carbocycles. The SMILES string of the molecule is CCCC(=O)N[C@H](C(=O)N1C=Cn2c(nc(-c3ccc(F)cc3)c2Nc2ccc(C)cc2)C1)c1ccccc1. The average molecular weight is 524 g/mol. The molecule has 4 aromatic rings. The summed E-state index contributed by atoms with van der Waals surface area (Å²) in [5, 5.41) is 6.35. The number of carbonyl (C=O) groups excluding carboxylic acids is 2. The highest BCUT2D eigenvalue weighted by molar-refractivity contribution is 5.90. The first-order valence-electron chi connectivity index (χ1n) is 13.0. The monoisotopic (exact) mass is 523 g/mol. The molecular formula is C31H30FN5O2. The van der Waals surface area contributed by atoms with Gasteiger partial charge in [-0.1, -0.05) is 55.0 Å². The maximum absolute atomic E-state index is 13.7. The summed E-state index contributed by atoms with van der Waals surface area (Å²) in [5.41, 5.74) is 4.11. The summed E-state index contributed by atoms with van der Waals surface area (Å²) in [5.74, 6) is 0.577. The molecule has 2 amide bonds. The minimum atomic E-state index is -0.821.